The summed E-state index contributed by atoms with van der Waals surface area (Å²) in [7, 11) is 0. The van der Waals surface area contributed by atoms with Crippen molar-refractivity contribution in [3.8, 4) is 0 Å². The topological polar surface area (TPSA) is 26.0 Å². The van der Waals surface area contributed by atoms with Crippen LogP contribution < -0.4 is 5.73 Å². The maximum Gasteiger partial charge on any atom is 0.0543 e. The van der Waals surface area contributed by atoms with Gasteiger partial charge in [-0.15, -0.1) is 11.8 Å². The highest BCUT2D eigenvalue weighted by molar-refractivity contribution is 7.99. The van der Waals surface area contributed by atoms with Gasteiger partial charge in [0.05, 0.1) is 5.02 Å². The highest BCUT2D eigenvalue weighted by atomic mass is 35.5. The first kappa shape index (κ1) is 12.7. The lowest BCUT2D eigenvalue weighted by Crippen LogP contribution is -1.90. The fourth-order valence-electron chi connectivity index (χ4n) is 1.30. The van der Waals surface area contributed by atoms with Gasteiger partial charge in [-0.3, -0.25) is 0 Å². The number of hydrogen-bond acceptors (Lipinski definition) is 2. The standard InChI is InChI=1S/C12H18ClNS/c1-9(2)4-3-7-15-12-8-10(14)5-6-11(12)13/h5-6,8-9H,3-4,7,14H2,1-2H3. The van der Waals surface area contributed by atoms with E-state index in [2.05, 4.69) is 13.8 Å². The highest BCUT2D eigenvalue weighted by Gasteiger charge is 2.02. The molecule has 2 N–H and O–H groups in total. The summed E-state index contributed by atoms with van der Waals surface area (Å²) in [6.45, 7) is 4.50. The molecule has 0 radical (unpaired) electrons. The van der Waals surface area contributed by atoms with Gasteiger partial charge < -0.3 is 5.73 Å². The maximum atomic E-state index is 6.06. The molecule has 1 nitrogen and oxygen atoms in total. The molecule has 0 amide bonds. The van der Waals surface area contributed by atoms with Gasteiger partial charge in [-0.25, -0.2) is 0 Å². The van der Waals surface area contributed by atoms with Crippen molar-refractivity contribution in [2.45, 2.75) is 31.6 Å². The minimum atomic E-state index is 0.780. The van der Waals surface area contributed by atoms with Gasteiger partial charge in [-0.1, -0.05) is 31.9 Å². The van der Waals surface area contributed by atoms with Crippen molar-refractivity contribution in [1.29, 1.82) is 0 Å². The molecule has 0 bridgehead atoms. The second-order valence-corrected chi connectivity index (χ2v) is 5.62. The molecule has 1 rings (SSSR count). The summed E-state index contributed by atoms with van der Waals surface area (Å²) in [5, 5.41) is 0.804. The molecule has 1 aromatic rings. The fraction of sp³-hybridized carbons (Fsp3) is 0.500. The molecule has 0 saturated heterocycles. The van der Waals surface area contributed by atoms with Gasteiger partial charge in [0.1, 0.15) is 0 Å². The summed E-state index contributed by atoms with van der Waals surface area (Å²) in [5.74, 6) is 1.89. The van der Waals surface area contributed by atoms with Crippen molar-refractivity contribution in [3.05, 3.63) is 23.2 Å². The molecule has 84 valence electrons. The third-order valence-electron chi connectivity index (χ3n) is 2.14. The number of benzene rings is 1. The van der Waals surface area contributed by atoms with Gasteiger partial charge in [0.2, 0.25) is 0 Å². The van der Waals surface area contributed by atoms with Crippen LogP contribution in [-0.4, -0.2) is 5.75 Å². The number of anilines is 1. The number of nitrogens with two attached hydrogens (primary N) is 1. The van der Waals surface area contributed by atoms with E-state index in [1.807, 2.05) is 18.2 Å². The number of nitrogen functional groups attached to an aromatic ring is 1. The number of thioether (sulfide) groups is 1. The van der Waals surface area contributed by atoms with E-state index in [-0.39, 0.29) is 0 Å². The Morgan fingerprint density at radius 3 is 2.80 bits per heavy atom. The summed E-state index contributed by atoms with van der Waals surface area (Å²) in [5.41, 5.74) is 6.49. The predicted octanol–water partition coefficient (Wildman–Crippen LogP) is 4.45. The normalized spacial score (nSPS) is 10.9. The van der Waals surface area contributed by atoms with E-state index in [9.17, 15) is 0 Å². The van der Waals surface area contributed by atoms with E-state index in [4.69, 9.17) is 17.3 Å². The Hall–Kier alpha value is -0.340. The Bertz CT molecular complexity index is 312. The molecule has 0 aliphatic carbocycles. The van der Waals surface area contributed by atoms with Crippen molar-refractivity contribution in [2.24, 2.45) is 5.92 Å². The Morgan fingerprint density at radius 1 is 1.40 bits per heavy atom. The van der Waals surface area contributed by atoms with Crippen molar-refractivity contribution in [1.82, 2.24) is 0 Å². The lowest BCUT2D eigenvalue weighted by atomic mass is 10.1. The maximum absolute atomic E-state index is 6.06. The molecule has 15 heavy (non-hydrogen) atoms. The summed E-state index contributed by atoms with van der Waals surface area (Å²) in [6, 6.07) is 5.64. The third kappa shape index (κ3) is 4.80. The fourth-order valence-corrected chi connectivity index (χ4v) is 2.54. The number of halogens is 1. The molecular weight excluding hydrogens is 226 g/mol. The first-order valence-corrected chi connectivity index (χ1v) is 6.64. The summed E-state index contributed by atoms with van der Waals surface area (Å²) < 4.78 is 0. The van der Waals surface area contributed by atoms with Gasteiger partial charge in [0.25, 0.3) is 0 Å². The molecule has 3 heteroatoms. The molecule has 0 aliphatic rings. The van der Waals surface area contributed by atoms with Crippen LogP contribution in [0.25, 0.3) is 0 Å². The highest BCUT2D eigenvalue weighted by Crippen LogP contribution is 2.29. The largest absolute Gasteiger partial charge is 0.399 e. The average molecular weight is 244 g/mol. The van der Waals surface area contributed by atoms with Gasteiger partial charge in [-0.2, -0.15) is 0 Å². The predicted molar refractivity (Wildman–Crippen MR) is 70.7 cm³/mol. The molecule has 0 spiro atoms. The molecule has 0 unspecified atom stereocenters. The van der Waals surface area contributed by atoms with Gasteiger partial charge in [-0.05, 0) is 36.3 Å². The van der Waals surface area contributed by atoms with Crippen LogP contribution in [-0.2, 0) is 0 Å². The first-order chi connectivity index (χ1) is 7.09. The van der Waals surface area contributed by atoms with Crippen LogP contribution in [0.3, 0.4) is 0 Å². The van der Waals surface area contributed by atoms with Crippen LogP contribution in [0.4, 0.5) is 5.69 Å². The zero-order valence-electron chi connectivity index (χ0n) is 9.29. The molecular formula is C12H18ClNS. The van der Waals surface area contributed by atoms with Crippen molar-refractivity contribution < 1.29 is 0 Å². The van der Waals surface area contributed by atoms with Crippen LogP contribution >= 0.6 is 23.4 Å². The Labute approximate surface area is 101 Å². The van der Waals surface area contributed by atoms with Crippen molar-refractivity contribution in [3.63, 3.8) is 0 Å². The summed E-state index contributed by atoms with van der Waals surface area (Å²) >= 11 is 7.85. The van der Waals surface area contributed by atoms with Gasteiger partial charge in [0, 0.05) is 10.6 Å². The lowest BCUT2D eigenvalue weighted by Gasteiger charge is -2.06. The SMILES string of the molecule is CC(C)CCCSc1cc(N)ccc1Cl. The van der Waals surface area contributed by atoms with E-state index < -0.39 is 0 Å². The van der Waals surface area contributed by atoms with Crippen LogP contribution in [0.1, 0.15) is 26.7 Å². The van der Waals surface area contributed by atoms with E-state index in [1.165, 1.54) is 12.8 Å². The monoisotopic (exact) mass is 243 g/mol. The zero-order chi connectivity index (χ0) is 11.3. The Kier molecular flexibility index (Phi) is 5.34. The molecule has 0 saturated carbocycles. The molecule has 0 aromatic heterocycles. The Morgan fingerprint density at radius 2 is 2.13 bits per heavy atom. The average Bonchev–Trinajstić information content (AvgIpc) is 2.17. The molecule has 1 aromatic carbocycles. The summed E-state index contributed by atoms with van der Waals surface area (Å²) in [6.07, 6.45) is 2.50. The minimum Gasteiger partial charge on any atom is -0.399 e. The van der Waals surface area contributed by atoms with E-state index in [0.29, 0.717) is 0 Å². The van der Waals surface area contributed by atoms with E-state index in [1.54, 1.807) is 11.8 Å². The Balaban J connectivity index is 2.40. The number of rotatable bonds is 5. The smallest absolute Gasteiger partial charge is 0.0543 e. The quantitative estimate of drug-likeness (QED) is 0.470. The van der Waals surface area contributed by atoms with Crippen molar-refractivity contribution in [2.75, 3.05) is 11.5 Å². The lowest BCUT2D eigenvalue weighted by molar-refractivity contribution is 0.579. The van der Waals surface area contributed by atoms with Crippen LogP contribution in [0, 0.1) is 5.92 Å². The van der Waals surface area contributed by atoms with Gasteiger partial charge in [0.15, 0.2) is 0 Å². The second kappa shape index (κ2) is 6.29. The first-order valence-electron chi connectivity index (χ1n) is 5.27. The van der Waals surface area contributed by atoms with Crippen LogP contribution in [0.15, 0.2) is 23.1 Å². The molecule has 0 atom stereocenters. The zero-order valence-corrected chi connectivity index (χ0v) is 10.9. The third-order valence-corrected chi connectivity index (χ3v) is 3.72. The minimum absolute atomic E-state index is 0.780. The number of hydrogen-bond donors (Lipinski definition) is 1. The van der Waals surface area contributed by atoms with Crippen LogP contribution in [0.5, 0.6) is 0 Å². The molecule has 0 aliphatic heterocycles. The molecule has 0 fully saturated rings. The van der Waals surface area contributed by atoms with Crippen molar-refractivity contribution >= 4 is 29.1 Å². The second-order valence-electron chi connectivity index (χ2n) is 4.07. The summed E-state index contributed by atoms with van der Waals surface area (Å²) in [4.78, 5) is 1.10. The van der Waals surface area contributed by atoms with E-state index >= 15 is 0 Å². The van der Waals surface area contributed by atoms with Crippen LogP contribution in [0.2, 0.25) is 5.02 Å². The van der Waals surface area contributed by atoms with E-state index in [0.717, 1.165) is 27.3 Å². The molecule has 0 heterocycles. The van der Waals surface area contributed by atoms with Gasteiger partial charge >= 0.3 is 0 Å².